The van der Waals surface area contributed by atoms with E-state index in [1.165, 1.54) is 40.7 Å². The van der Waals surface area contributed by atoms with E-state index >= 15 is 0 Å². The Morgan fingerprint density at radius 1 is 1.03 bits per heavy atom. The molecule has 5 nitrogen and oxygen atoms in total. The summed E-state index contributed by atoms with van der Waals surface area (Å²) >= 11 is 1.12. The molecule has 1 aromatic heterocycles. The zero-order valence-electron chi connectivity index (χ0n) is 18.7. The average molecular weight is 529 g/mol. The molecule has 11 heteroatoms. The molecule has 4 rings (SSSR count). The Morgan fingerprint density at radius 2 is 1.71 bits per heavy atom. The lowest BCUT2D eigenvalue weighted by Gasteiger charge is -2.42. The van der Waals surface area contributed by atoms with Crippen molar-refractivity contribution in [1.29, 1.82) is 0 Å². The minimum absolute atomic E-state index is 0.0799. The first-order valence-electron chi connectivity index (χ1n) is 10.8. The summed E-state index contributed by atoms with van der Waals surface area (Å²) in [6, 6.07) is 14.3. The van der Waals surface area contributed by atoms with Gasteiger partial charge in [-0.3, -0.25) is 0 Å². The van der Waals surface area contributed by atoms with Gasteiger partial charge in [-0.2, -0.15) is 17.5 Å². The van der Waals surface area contributed by atoms with Crippen molar-refractivity contribution < 1.29 is 31.1 Å². The Bertz CT molecular complexity index is 1260. The number of aliphatic hydroxyl groups is 1. The third-order valence-electron chi connectivity index (χ3n) is 6.26. The quantitative estimate of drug-likeness (QED) is 0.468. The highest BCUT2D eigenvalue weighted by molar-refractivity contribution is 7.91. The predicted octanol–water partition coefficient (Wildman–Crippen LogP) is 4.78. The van der Waals surface area contributed by atoms with Gasteiger partial charge in [-0.1, -0.05) is 36.4 Å². The number of halogens is 4. The number of sulfonamides is 1. The van der Waals surface area contributed by atoms with Gasteiger partial charge in [-0.25, -0.2) is 12.8 Å². The molecule has 0 spiro atoms. The van der Waals surface area contributed by atoms with E-state index in [-0.39, 0.29) is 35.8 Å². The molecule has 35 heavy (non-hydrogen) atoms. The van der Waals surface area contributed by atoms with Crippen LogP contribution in [0, 0.1) is 5.82 Å². The minimum Gasteiger partial charge on any atom is -0.376 e. The van der Waals surface area contributed by atoms with Crippen LogP contribution in [0.1, 0.15) is 18.1 Å². The van der Waals surface area contributed by atoms with Gasteiger partial charge in [0.1, 0.15) is 10.0 Å². The molecule has 1 fully saturated rings. The number of alkyl halides is 3. The Hall–Kier alpha value is -2.47. The van der Waals surface area contributed by atoms with Gasteiger partial charge in [0.15, 0.2) is 5.60 Å². The molecule has 0 amide bonds. The lowest BCUT2D eigenvalue weighted by molar-refractivity contribution is -0.258. The highest BCUT2D eigenvalue weighted by Gasteiger charge is 2.51. The Labute approximate surface area is 205 Å². The molecule has 188 valence electrons. The summed E-state index contributed by atoms with van der Waals surface area (Å²) in [6.45, 7) is 1.20. The van der Waals surface area contributed by atoms with Crippen molar-refractivity contribution in [2.75, 3.05) is 24.5 Å². The second kappa shape index (κ2) is 9.53. The molecule has 1 aliphatic heterocycles. The number of nitrogens with zero attached hydrogens (tertiary/aromatic N) is 2. The first kappa shape index (κ1) is 25.6. The van der Waals surface area contributed by atoms with Crippen LogP contribution in [-0.2, 0) is 22.0 Å². The number of hydrogen-bond donors (Lipinski definition) is 1. The summed E-state index contributed by atoms with van der Waals surface area (Å²) < 4.78 is 81.9. The van der Waals surface area contributed by atoms with E-state index in [4.69, 9.17) is 0 Å². The van der Waals surface area contributed by atoms with E-state index in [1.54, 1.807) is 29.6 Å². The molecule has 0 saturated carbocycles. The van der Waals surface area contributed by atoms with E-state index in [1.807, 2.05) is 4.90 Å². The molecule has 0 unspecified atom stereocenters. The predicted molar refractivity (Wildman–Crippen MR) is 126 cm³/mol. The molecule has 0 bridgehead atoms. The van der Waals surface area contributed by atoms with Crippen LogP contribution in [0.3, 0.4) is 0 Å². The second-order valence-electron chi connectivity index (χ2n) is 8.55. The van der Waals surface area contributed by atoms with Crippen LogP contribution in [0.15, 0.2) is 70.3 Å². The van der Waals surface area contributed by atoms with Gasteiger partial charge in [0.05, 0.1) is 0 Å². The topological polar surface area (TPSA) is 60.9 Å². The van der Waals surface area contributed by atoms with Gasteiger partial charge in [0.25, 0.3) is 10.0 Å². The third kappa shape index (κ3) is 5.09. The number of anilines is 1. The van der Waals surface area contributed by atoms with Gasteiger partial charge in [-0.05, 0) is 54.1 Å². The smallest absolute Gasteiger partial charge is 0.376 e. The van der Waals surface area contributed by atoms with Gasteiger partial charge in [0.2, 0.25) is 0 Å². The number of hydrogen-bond acceptors (Lipinski definition) is 5. The van der Waals surface area contributed by atoms with Crippen LogP contribution >= 0.6 is 11.3 Å². The third-order valence-corrected chi connectivity index (χ3v) is 9.50. The Balaban J connectivity index is 1.65. The number of piperazine rings is 1. The van der Waals surface area contributed by atoms with Crippen LogP contribution < -0.4 is 4.90 Å². The Morgan fingerprint density at radius 3 is 2.31 bits per heavy atom. The standard InChI is InChI=1S/C24H24F4N2O3S2/c1-23(31,24(26,27)28)18-8-10-19(11-9-18)30-13-12-29(35(32,33)22-7-4-14-34-22)16-20(30)15-17-5-2-3-6-21(17)25/h2-11,14,20,31H,12-13,15-16H2,1H3/t20-,23-/m1/s1. The minimum atomic E-state index is -4.84. The van der Waals surface area contributed by atoms with Crippen LogP contribution in [0.4, 0.5) is 23.2 Å². The van der Waals surface area contributed by atoms with Crippen LogP contribution in [0.25, 0.3) is 0 Å². The molecule has 2 atom stereocenters. The molecule has 0 aliphatic carbocycles. The summed E-state index contributed by atoms with van der Waals surface area (Å²) in [4.78, 5) is 1.87. The van der Waals surface area contributed by atoms with Crippen molar-refractivity contribution in [3.05, 3.63) is 83.0 Å². The highest BCUT2D eigenvalue weighted by atomic mass is 32.2. The van der Waals surface area contributed by atoms with Crippen molar-refractivity contribution in [3.63, 3.8) is 0 Å². The van der Waals surface area contributed by atoms with Crippen LogP contribution in [-0.4, -0.2) is 49.7 Å². The molecular formula is C24H24F4N2O3S2. The average Bonchev–Trinajstić information content (AvgIpc) is 3.36. The normalized spacial score (nSPS) is 19.5. The van der Waals surface area contributed by atoms with Crippen molar-refractivity contribution in [2.24, 2.45) is 0 Å². The van der Waals surface area contributed by atoms with Gasteiger partial charge in [0, 0.05) is 31.4 Å². The number of thiophene rings is 1. The molecule has 3 aromatic rings. The fraction of sp³-hybridized carbons (Fsp3) is 0.333. The summed E-state index contributed by atoms with van der Waals surface area (Å²) in [6.07, 6.45) is -4.64. The van der Waals surface area contributed by atoms with E-state index < -0.39 is 33.7 Å². The van der Waals surface area contributed by atoms with E-state index in [0.717, 1.165) is 11.3 Å². The maximum Gasteiger partial charge on any atom is 0.421 e. The largest absolute Gasteiger partial charge is 0.421 e. The fourth-order valence-corrected chi connectivity index (χ4v) is 6.77. The molecule has 1 aliphatic rings. The molecular weight excluding hydrogens is 504 g/mol. The number of benzene rings is 2. The maximum atomic E-state index is 14.4. The Kier molecular flexibility index (Phi) is 6.98. The van der Waals surface area contributed by atoms with Gasteiger partial charge < -0.3 is 10.0 Å². The van der Waals surface area contributed by atoms with Gasteiger partial charge in [-0.15, -0.1) is 11.3 Å². The molecule has 2 aromatic carbocycles. The molecule has 1 N–H and O–H groups in total. The van der Waals surface area contributed by atoms with Crippen LogP contribution in [0.2, 0.25) is 0 Å². The first-order chi connectivity index (χ1) is 16.4. The highest BCUT2D eigenvalue weighted by Crippen LogP contribution is 2.39. The zero-order chi connectivity index (χ0) is 25.4. The summed E-state index contributed by atoms with van der Waals surface area (Å²) in [5.74, 6) is -0.415. The van der Waals surface area contributed by atoms with Crippen molar-refractivity contribution in [2.45, 2.75) is 35.4 Å². The van der Waals surface area contributed by atoms with Crippen molar-refractivity contribution in [1.82, 2.24) is 4.31 Å². The number of rotatable bonds is 6. The van der Waals surface area contributed by atoms with E-state index in [0.29, 0.717) is 18.2 Å². The van der Waals surface area contributed by atoms with E-state index in [9.17, 15) is 31.1 Å². The van der Waals surface area contributed by atoms with Gasteiger partial charge >= 0.3 is 6.18 Å². The maximum absolute atomic E-state index is 14.4. The van der Waals surface area contributed by atoms with Crippen molar-refractivity contribution in [3.8, 4) is 0 Å². The molecule has 1 saturated heterocycles. The fourth-order valence-electron chi connectivity index (χ4n) is 4.16. The lowest BCUT2D eigenvalue weighted by atomic mass is 9.94. The molecule has 0 radical (unpaired) electrons. The SMILES string of the molecule is C[C@@](O)(c1ccc(N2CCN(S(=O)(=O)c3cccs3)C[C@H]2Cc2ccccc2F)cc1)C(F)(F)F. The van der Waals surface area contributed by atoms with E-state index in [2.05, 4.69) is 0 Å². The van der Waals surface area contributed by atoms with Crippen LogP contribution in [0.5, 0.6) is 0 Å². The summed E-state index contributed by atoms with van der Waals surface area (Å²) in [7, 11) is -3.73. The monoisotopic (exact) mass is 528 g/mol. The second-order valence-corrected chi connectivity index (χ2v) is 11.7. The zero-order valence-corrected chi connectivity index (χ0v) is 20.4. The first-order valence-corrected chi connectivity index (χ1v) is 13.2. The molecule has 2 heterocycles. The lowest BCUT2D eigenvalue weighted by Crippen LogP contribution is -2.55. The van der Waals surface area contributed by atoms with Crippen molar-refractivity contribution >= 4 is 27.0 Å². The summed E-state index contributed by atoms with van der Waals surface area (Å²) in [5.41, 5.74) is -2.35. The summed E-state index contributed by atoms with van der Waals surface area (Å²) in [5, 5.41) is 11.6.